The van der Waals surface area contributed by atoms with Crippen molar-refractivity contribution < 1.29 is 9.13 Å². The topological polar surface area (TPSA) is 59.0 Å². The molecule has 0 bridgehead atoms. The highest BCUT2D eigenvalue weighted by molar-refractivity contribution is 7.98. The van der Waals surface area contributed by atoms with Crippen molar-refractivity contribution in [3.63, 3.8) is 0 Å². The van der Waals surface area contributed by atoms with Gasteiger partial charge in [0.15, 0.2) is 0 Å². The molecule has 0 radical (unpaired) electrons. The Hall–Kier alpha value is -2.19. The summed E-state index contributed by atoms with van der Waals surface area (Å²) in [6.45, 7) is 0. The predicted molar refractivity (Wildman–Crippen MR) is 78.1 cm³/mol. The number of nitrogen functional groups attached to an aromatic ring is 1. The van der Waals surface area contributed by atoms with Crippen molar-refractivity contribution in [3.05, 3.63) is 53.3 Å². The smallest absolute Gasteiger partial charge is 0.147 e. The van der Waals surface area contributed by atoms with Crippen LogP contribution in [0.1, 0.15) is 11.1 Å². The largest absolute Gasteiger partial charge is 0.495 e. The van der Waals surface area contributed by atoms with Crippen LogP contribution in [-0.2, 0) is 5.75 Å². The molecule has 0 unspecified atom stereocenters. The Kier molecular flexibility index (Phi) is 4.49. The molecule has 2 aromatic carbocycles. The number of rotatable bonds is 4. The average molecular weight is 288 g/mol. The van der Waals surface area contributed by atoms with Crippen LogP contribution in [0.2, 0.25) is 0 Å². The first-order valence-corrected chi connectivity index (χ1v) is 6.87. The highest BCUT2D eigenvalue weighted by Gasteiger charge is 2.05. The minimum Gasteiger partial charge on any atom is -0.495 e. The van der Waals surface area contributed by atoms with E-state index in [0.717, 1.165) is 10.5 Å². The fraction of sp³-hybridized carbons (Fsp3) is 0.133. The standard InChI is InChI=1S/C15H13FN2OS/c1-19-15-6-10(2-3-11(15)8-17)9-20-12-4-5-14(18)13(16)7-12/h2-7H,9,18H2,1H3. The van der Waals surface area contributed by atoms with Gasteiger partial charge in [-0.25, -0.2) is 4.39 Å². The first-order valence-electron chi connectivity index (χ1n) is 5.89. The number of nitriles is 1. The molecule has 0 saturated heterocycles. The number of halogens is 1. The minimum atomic E-state index is -0.410. The lowest BCUT2D eigenvalue weighted by Gasteiger charge is -2.07. The van der Waals surface area contributed by atoms with Gasteiger partial charge in [0.1, 0.15) is 17.6 Å². The quantitative estimate of drug-likeness (QED) is 0.690. The number of benzene rings is 2. The molecule has 2 N–H and O–H groups in total. The number of anilines is 1. The Labute approximate surface area is 121 Å². The van der Waals surface area contributed by atoms with Crippen molar-refractivity contribution in [3.8, 4) is 11.8 Å². The molecule has 0 amide bonds. The number of ether oxygens (including phenoxy) is 1. The molecule has 20 heavy (non-hydrogen) atoms. The molecule has 0 aromatic heterocycles. The van der Waals surface area contributed by atoms with Crippen molar-refractivity contribution >= 4 is 17.4 Å². The first-order chi connectivity index (χ1) is 9.63. The summed E-state index contributed by atoms with van der Waals surface area (Å²) in [5.41, 5.74) is 7.08. The lowest BCUT2D eigenvalue weighted by Crippen LogP contribution is -1.91. The third-order valence-electron chi connectivity index (χ3n) is 2.76. The molecule has 0 fully saturated rings. The summed E-state index contributed by atoms with van der Waals surface area (Å²) in [4.78, 5) is 0.806. The Bertz CT molecular complexity index is 667. The van der Waals surface area contributed by atoms with Crippen LogP contribution in [0.15, 0.2) is 41.3 Å². The maximum atomic E-state index is 13.3. The monoisotopic (exact) mass is 288 g/mol. The molecule has 0 atom stereocenters. The van der Waals surface area contributed by atoms with Gasteiger partial charge >= 0.3 is 0 Å². The number of thioether (sulfide) groups is 1. The Balaban J connectivity index is 2.11. The molecule has 2 rings (SSSR count). The summed E-state index contributed by atoms with van der Waals surface area (Å²) in [7, 11) is 1.53. The second-order valence-electron chi connectivity index (χ2n) is 4.12. The summed E-state index contributed by atoms with van der Waals surface area (Å²) in [6, 6.07) is 12.2. The second kappa shape index (κ2) is 6.31. The van der Waals surface area contributed by atoms with Gasteiger partial charge in [-0.15, -0.1) is 11.8 Å². The van der Waals surface area contributed by atoms with E-state index < -0.39 is 5.82 Å². The number of nitrogens with two attached hydrogens (primary N) is 1. The zero-order valence-corrected chi connectivity index (χ0v) is 11.7. The van der Waals surface area contributed by atoms with Gasteiger partial charge in [-0.05, 0) is 35.9 Å². The highest BCUT2D eigenvalue weighted by Crippen LogP contribution is 2.27. The van der Waals surface area contributed by atoms with Gasteiger partial charge in [0.2, 0.25) is 0 Å². The van der Waals surface area contributed by atoms with Crippen LogP contribution >= 0.6 is 11.8 Å². The van der Waals surface area contributed by atoms with Gasteiger partial charge in [-0.1, -0.05) is 6.07 Å². The Morgan fingerprint density at radius 2 is 2.10 bits per heavy atom. The number of hydrogen-bond donors (Lipinski definition) is 1. The fourth-order valence-electron chi connectivity index (χ4n) is 1.68. The zero-order chi connectivity index (χ0) is 14.5. The molecule has 2 aromatic rings. The third-order valence-corrected chi connectivity index (χ3v) is 3.83. The van der Waals surface area contributed by atoms with Crippen LogP contribution in [0.25, 0.3) is 0 Å². The van der Waals surface area contributed by atoms with Crippen LogP contribution < -0.4 is 10.5 Å². The summed E-state index contributed by atoms with van der Waals surface area (Å²) < 4.78 is 18.5. The van der Waals surface area contributed by atoms with Crippen LogP contribution in [0, 0.1) is 17.1 Å². The minimum absolute atomic E-state index is 0.148. The molecule has 0 heterocycles. The first kappa shape index (κ1) is 14.2. The van der Waals surface area contributed by atoms with E-state index in [4.69, 9.17) is 15.7 Å². The van der Waals surface area contributed by atoms with Crippen LogP contribution in [0.5, 0.6) is 5.75 Å². The molecular weight excluding hydrogens is 275 g/mol. The van der Waals surface area contributed by atoms with Crippen molar-refractivity contribution in [1.82, 2.24) is 0 Å². The molecule has 0 saturated carbocycles. The average Bonchev–Trinajstić information content (AvgIpc) is 2.48. The fourth-order valence-corrected chi connectivity index (χ4v) is 2.55. The summed E-state index contributed by atoms with van der Waals surface area (Å²) in [5, 5.41) is 8.92. The summed E-state index contributed by atoms with van der Waals surface area (Å²) in [6.07, 6.45) is 0. The third kappa shape index (κ3) is 3.22. The second-order valence-corrected chi connectivity index (χ2v) is 5.17. The highest BCUT2D eigenvalue weighted by atomic mass is 32.2. The normalized spacial score (nSPS) is 10.1. The van der Waals surface area contributed by atoms with Crippen molar-refractivity contribution in [2.24, 2.45) is 0 Å². The number of nitrogens with zero attached hydrogens (tertiary/aromatic N) is 1. The van der Waals surface area contributed by atoms with E-state index >= 15 is 0 Å². The molecule has 3 nitrogen and oxygen atoms in total. The van der Waals surface area contributed by atoms with Crippen molar-refractivity contribution in [2.45, 2.75) is 10.6 Å². The molecule has 0 aliphatic rings. The van der Waals surface area contributed by atoms with Crippen LogP contribution in [0.3, 0.4) is 0 Å². The van der Waals surface area contributed by atoms with E-state index in [0.29, 0.717) is 17.1 Å². The molecule has 0 aliphatic heterocycles. The van der Waals surface area contributed by atoms with Gasteiger partial charge < -0.3 is 10.5 Å². The van der Waals surface area contributed by atoms with Gasteiger partial charge in [0.05, 0.1) is 18.4 Å². The van der Waals surface area contributed by atoms with Gasteiger partial charge in [-0.2, -0.15) is 5.26 Å². The number of methoxy groups -OCH3 is 1. The predicted octanol–water partition coefficient (Wildman–Crippen LogP) is 3.58. The molecule has 0 aliphatic carbocycles. The maximum absolute atomic E-state index is 13.3. The van der Waals surface area contributed by atoms with Gasteiger partial charge in [-0.3, -0.25) is 0 Å². The molecule has 0 spiro atoms. The van der Waals surface area contributed by atoms with E-state index in [9.17, 15) is 4.39 Å². The SMILES string of the molecule is COc1cc(CSc2ccc(N)c(F)c2)ccc1C#N. The van der Waals surface area contributed by atoms with Crippen LogP contribution in [-0.4, -0.2) is 7.11 Å². The van der Waals surface area contributed by atoms with Gasteiger partial charge in [0.25, 0.3) is 0 Å². The molecule has 5 heteroatoms. The van der Waals surface area contributed by atoms with E-state index in [1.807, 2.05) is 12.1 Å². The van der Waals surface area contributed by atoms with E-state index in [2.05, 4.69) is 6.07 Å². The van der Waals surface area contributed by atoms with Crippen LogP contribution in [0.4, 0.5) is 10.1 Å². The van der Waals surface area contributed by atoms with Gasteiger partial charge in [0, 0.05) is 10.6 Å². The Morgan fingerprint density at radius 3 is 2.75 bits per heavy atom. The number of hydrogen-bond acceptors (Lipinski definition) is 4. The molecular formula is C15H13FN2OS. The summed E-state index contributed by atoms with van der Waals surface area (Å²) in [5.74, 6) is 0.798. The van der Waals surface area contributed by atoms with E-state index in [1.165, 1.54) is 24.9 Å². The lowest BCUT2D eigenvalue weighted by atomic mass is 10.1. The van der Waals surface area contributed by atoms with E-state index in [1.54, 1.807) is 18.2 Å². The maximum Gasteiger partial charge on any atom is 0.147 e. The molecule has 102 valence electrons. The van der Waals surface area contributed by atoms with Crippen molar-refractivity contribution in [1.29, 1.82) is 5.26 Å². The van der Waals surface area contributed by atoms with E-state index in [-0.39, 0.29) is 5.69 Å². The summed E-state index contributed by atoms with van der Waals surface area (Å²) >= 11 is 1.50. The zero-order valence-electron chi connectivity index (χ0n) is 10.9. The Morgan fingerprint density at radius 1 is 1.30 bits per heavy atom. The lowest BCUT2D eigenvalue weighted by molar-refractivity contribution is 0.413. The van der Waals surface area contributed by atoms with Crippen molar-refractivity contribution in [2.75, 3.05) is 12.8 Å².